The highest BCUT2D eigenvalue weighted by Crippen LogP contribution is 2.17. The molecule has 0 fully saturated rings. The summed E-state index contributed by atoms with van der Waals surface area (Å²) in [5.41, 5.74) is 7.08. The van der Waals surface area contributed by atoms with E-state index in [1.165, 1.54) is 4.57 Å². The molecular weight excluding hydrogens is 254 g/mol. The predicted octanol–water partition coefficient (Wildman–Crippen LogP) is 1.68. The van der Waals surface area contributed by atoms with E-state index in [-0.39, 0.29) is 11.7 Å². The van der Waals surface area contributed by atoms with Crippen molar-refractivity contribution in [2.75, 3.05) is 6.61 Å². The van der Waals surface area contributed by atoms with Crippen molar-refractivity contribution in [2.45, 2.75) is 25.9 Å². The molecule has 0 amide bonds. The molecule has 108 valence electrons. The number of nitrogens with zero attached hydrogens (tertiary/aromatic N) is 2. The van der Waals surface area contributed by atoms with Crippen molar-refractivity contribution in [3.63, 3.8) is 0 Å². The average molecular weight is 275 g/mol. The topological polar surface area (TPSA) is 62.2 Å². The summed E-state index contributed by atoms with van der Waals surface area (Å²) in [5.74, 6) is 0.847. The number of benzene rings is 1. The van der Waals surface area contributed by atoms with E-state index < -0.39 is 0 Å². The van der Waals surface area contributed by atoms with Gasteiger partial charge in [0.1, 0.15) is 5.75 Å². The zero-order chi connectivity index (χ0) is 14.5. The Morgan fingerprint density at radius 2 is 1.95 bits per heavy atom. The average Bonchev–Trinajstić information content (AvgIpc) is 2.77. The first-order valence-electron chi connectivity index (χ1n) is 6.82. The first-order valence-corrected chi connectivity index (χ1v) is 6.82. The smallest absolute Gasteiger partial charge is 0.327 e. The molecule has 0 spiro atoms. The fourth-order valence-corrected chi connectivity index (χ4v) is 2.00. The molecule has 2 aromatic rings. The van der Waals surface area contributed by atoms with Gasteiger partial charge in [0.15, 0.2) is 0 Å². The monoisotopic (exact) mass is 275 g/mol. The second-order valence-electron chi connectivity index (χ2n) is 4.87. The molecule has 0 saturated carbocycles. The molecule has 20 heavy (non-hydrogen) atoms. The number of aromatic nitrogens is 2. The Labute approximate surface area is 118 Å². The molecule has 2 rings (SSSR count). The molecule has 0 aliphatic rings. The van der Waals surface area contributed by atoms with Gasteiger partial charge in [-0.15, -0.1) is 0 Å². The standard InChI is InChI=1S/C15H21N3O2/c1-3-10-20-13-6-4-12(5-7-13)14(16)11-18-9-8-17(2)15(18)19/h4-9,14H,3,10-11,16H2,1-2H3. The van der Waals surface area contributed by atoms with Crippen LogP contribution >= 0.6 is 0 Å². The van der Waals surface area contributed by atoms with Gasteiger partial charge in [0.25, 0.3) is 0 Å². The van der Waals surface area contributed by atoms with Gasteiger partial charge in [0.2, 0.25) is 0 Å². The highest BCUT2D eigenvalue weighted by atomic mass is 16.5. The van der Waals surface area contributed by atoms with Crippen LogP contribution in [0.3, 0.4) is 0 Å². The van der Waals surface area contributed by atoms with Gasteiger partial charge in [0, 0.05) is 32.0 Å². The Morgan fingerprint density at radius 1 is 1.25 bits per heavy atom. The maximum atomic E-state index is 11.8. The quantitative estimate of drug-likeness (QED) is 0.872. The van der Waals surface area contributed by atoms with E-state index in [0.29, 0.717) is 13.2 Å². The van der Waals surface area contributed by atoms with Crippen LogP contribution in [0.15, 0.2) is 41.5 Å². The lowest BCUT2D eigenvalue weighted by atomic mass is 10.1. The van der Waals surface area contributed by atoms with Gasteiger partial charge in [-0.25, -0.2) is 4.79 Å². The largest absolute Gasteiger partial charge is 0.494 e. The van der Waals surface area contributed by atoms with E-state index in [2.05, 4.69) is 6.92 Å². The summed E-state index contributed by atoms with van der Waals surface area (Å²) in [6.45, 7) is 3.25. The van der Waals surface area contributed by atoms with Crippen LogP contribution in [0.5, 0.6) is 5.75 Å². The third kappa shape index (κ3) is 3.30. The molecule has 0 aliphatic carbocycles. The van der Waals surface area contributed by atoms with E-state index in [4.69, 9.17) is 10.5 Å². The summed E-state index contributed by atoms with van der Waals surface area (Å²) >= 11 is 0. The first kappa shape index (κ1) is 14.4. The Hall–Kier alpha value is -2.01. The number of hydrogen-bond donors (Lipinski definition) is 1. The third-order valence-corrected chi connectivity index (χ3v) is 3.19. The molecule has 0 saturated heterocycles. The van der Waals surface area contributed by atoms with Gasteiger partial charge in [-0.3, -0.25) is 4.57 Å². The van der Waals surface area contributed by atoms with Gasteiger partial charge in [-0.1, -0.05) is 19.1 Å². The van der Waals surface area contributed by atoms with E-state index >= 15 is 0 Å². The highest BCUT2D eigenvalue weighted by molar-refractivity contribution is 5.29. The fraction of sp³-hybridized carbons (Fsp3) is 0.400. The van der Waals surface area contributed by atoms with Crippen LogP contribution < -0.4 is 16.2 Å². The lowest BCUT2D eigenvalue weighted by Gasteiger charge is -2.13. The molecular formula is C15H21N3O2. The normalized spacial score (nSPS) is 12.3. The Balaban J connectivity index is 2.03. The van der Waals surface area contributed by atoms with Crippen molar-refractivity contribution in [1.29, 1.82) is 0 Å². The summed E-state index contributed by atoms with van der Waals surface area (Å²) in [5, 5.41) is 0. The molecule has 1 unspecified atom stereocenters. The Bertz CT molecular complexity index is 598. The molecule has 1 atom stereocenters. The second kappa shape index (κ2) is 6.43. The number of aryl methyl sites for hydroxylation is 1. The van der Waals surface area contributed by atoms with Gasteiger partial charge < -0.3 is 15.0 Å². The SMILES string of the molecule is CCCOc1ccc(C(N)Cn2ccn(C)c2=O)cc1. The zero-order valence-electron chi connectivity index (χ0n) is 12.0. The van der Waals surface area contributed by atoms with Gasteiger partial charge in [-0.2, -0.15) is 0 Å². The van der Waals surface area contributed by atoms with E-state index in [0.717, 1.165) is 17.7 Å². The van der Waals surface area contributed by atoms with Crippen molar-refractivity contribution in [2.24, 2.45) is 12.8 Å². The van der Waals surface area contributed by atoms with E-state index in [9.17, 15) is 4.79 Å². The molecule has 0 bridgehead atoms. The molecule has 1 aromatic heterocycles. The van der Waals surface area contributed by atoms with Crippen molar-refractivity contribution >= 4 is 0 Å². The molecule has 5 heteroatoms. The highest BCUT2D eigenvalue weighted by Gasteiger charge is 2.09. The maximum Gasteiger partial charge on any atom is 0.327 e. The third-order valence-electron chi connectivity index (χ3n) is 3.19. The van der Waals surface area contributed by atoms with Crippen LogP contribution in [0.4, 0.5) is 0 Å². The minimum atomic E-state index is -0.213. The molecule has 1 heterocycles. The molecule has 1 aromatic carbocycles. The number of rotatable bonds is 6. The lowest BCUT2D eigenvalue weighted by Crippen LogP contribution is -2.27. The second-order valence-corrected chi connectivity index (χ2v) is 4.87. The number of nitrogens with two attached hydrogens (primary N) is 1. The Kier molecular flexibility index (Phi) is 4.63. The molecule has 0 aliphatic heterocycles. The summed E-state index contributed by atoms with van der Waals surface area (Å²) in [6.07, 6.45) is 4.47. The van der Waals surface area contributed by atoms with E-state index in [1.807, 2.05) is 24.3 Å². The van der Waals surface area contributed by atoms with Crippen LogP contribution in [-0.4, -0.2) is 15.7 Å². The Morgan fingerprint density at radius 3 is 2.50 bits per heavy atom. The summed E-state index contributed by atoms with van der Waals surface area (Å²) < 4.78 is 8.68. The molecule has 2 N–H and O–H groups in total. The van der Waals surface area contributed by atoms with Crippen LogP contribution in [0.2, 0.25) is 0 Å². The van der Waals surface area contributed by atoms with Crippen molar-refractivity contribution < 1.29 is 4.74 Å². The van der Waals surface area contributed by atoms with Gasteiger partial charge >= 0.3 is 5.69 Å². The fourth-order valence-electron chi connectivity index (χ4n) is 2.00. The van der Waals surface area contributed by atoms with Gasteiger partial charge in [-0.05, 0) is 24.1 Å². The minimum absolute atomic E-state index is 0.0525. The van der Waals surface area contributed by atoms with E-state index in [1.54, 1.807) is 24.0 Å². The first-order chi connectivity index (χ1) is 9.61. The lowest BCUT2D eigenvalue weighted by molar-refractivity contribution is 0.317. The zero-order valence-corrected chi connectivity index (χ0v) is 12.0. The van der Waals surface area contributed by atoms with Crippen LogP contribution in [-0.2, 0) is 13.6 Å². The molecule has 0 radical (unpaired) electrons. The van der Waals surface area contributed by atoms with Crippen LogP contribution in [0, 0.1) is 0 Å². The van der Waals surface area contributed by atoms with Crippen LogP contribution in [0.1, 0.15) is 24.9 Å². The summed E-state index contributed by atoms with van der Waals surface area (Å²) in [4.78, 5) is 11.8. The predicted molar refractivity (Wildman–Crippen MR) is 78.8 cm³/mol. The molecule has 5 nitrogen and oxygen atoms in total. The number of ether oxygens (including phenoxy) is 1. The summed E-state index contributed by atoms with van der Waals surface area (Å²) in [6, 6.07) is 7.51. The van der Waals surface area contributed by atoms with Crippen molar-refractivity contribution in [1.82, 2.24) is 9.13 Å². The summed E-state index contributed by atoms with van der Waals surface area (Å²) in [7, 11) is 1.73. The number of hydrogen-bond acceptors (Lipinski definition) is 3. The number of imidazole rings is 1. The van der Waals surface area contributed by atoms with Crippen LogP contribution in [0.25, 0.3) is 0 Å². The maximum absolute atomic E-state index is 11.8. The van der Waals surface area contributed by atoms with Crippen molar-refractivity contribution in [3.05, 3.63) is 52.7 Å². The van der Waals surface area contributed by atoms with Gasteiger partial charge in [0.05, 0.1) is 6.61 Å². The minimum Gasteiger partial charge on any atom is -0.494 e. The van der Waals surface area contributed by atoms with Crippen molar-refractivity contribution in [3.8, 4) is 5.75 Å².